The predicted molar refractivity (Wildman–Crippen MR) is 63.6 cm³/mol. The number of likely N-dealkylation sites (N-methyl/N-ethyl adjacent to an activating group) is 1. The van der Waals surface area contributed by atoms with Gasteiger partial charge in [-0.15, -0.1) is 0 Å². The molecule has 2 N–H and O–H groups in total. The van der Waals surface area contributed by atoms with E-state index in [1.807, 2.05) is 0 Å². The van der Waals surface area contributed by atoms with Gasteiger partial charge in [0.05, 0.1) is 0 Å². The topological polar surface area (TPSA) is 61.0 Å². The molecule has 1 heterocycles. The highest BCUT2D eigenvalue weighted by Crippen LogP contribution is 2.35. The van der Waals surface area contributed by atoms with E-state index < -0.39 is 0 Å². The van der Waals surface area contributed by atoms with Crippen molar-refractivity contribution in [1.29, 1.82) is 0 Å². The zero-order valence-corrected chi connectivity index (χ0v) is 9.79. The van der Waals surface area contributed by atoms with Gasteiger partial charge in [0.25, 0.3) is 5.56 Å². The second kappa shape index (κ2) is 4.25. The standard InChI is InChI=1S/C11H18N4O/c1-15(2)11(4-3-5-11)8-14-9-10(16)13-7-6-12-9/h6-7H,3-5,8H2,1-2H3,(H,12,14)(H,13,16). The van der Waals surface area contributed by atoms with E-state index in [0.29, 0.717) is 5.82 Å². The Balaban J connectivity index is 2.02. The van der Waals surface area contributed by atoms with Crippen molar-refractivity contribution in [3.8, 4) is 0 Å². The number of nitrogens with one attached hydrogen (secondary N) is 2. The number of aromatic amines is 1. The molecule has 1 aromatic rings. The van der Waals surface area contributed by atoms with E-state index in [2.05, 4.69) is 34.3 Å². The van der Waals surface area contributed by atoms with Crippen LogP contribution in [0, 0.1) is 0 Å². The van der Waals surface area contributed by atoms with Gasteiger partial charge < -0.3 is 15.2 Å². The molecule has 1 aliphatic rings. The molecule has 0 bridgehead atoms. The smallest absolute Gasteiger partial charge is 0.290 e. The predicted octanol–water partition coefficient (Wildman–Crippen LogP) is 0.666. The van der Waals surface area contributed by atoms with E-state index in [4.69, 9.17) is 0 Å². The highest BCUT2D eigenvalue weighted by atomic mass is 16.1. The third kappa shape index (κ3) is 1.95. The normalized spacial score (nSPS) is 18.2. The average Bonchev–Trinajstić information content (AvgIpc) is 2.18. The maximum Gasteiger partial charge on any atom is 0.290 e. The van der Waals surface area contributed by atoms with Crippen LogP contribution >= 0.6 is 0 Å². The molecule has 0 unspecified atom stereocenters. The lowest BCUT2D eigenvalue weighted by Crippen LogP contribution is -2.55. The number of anilines is 1. The van der Waals surface area contributed by atoms with Crippen molar-refractivity contribution in [2.75, 3.05) is 26.0 Å². The van der Waals surface area contributed by atoms with Crippen molar-refractivity contribution >= 4 is 5.82 Å². The van der Waals surface area contributed by atoms with E-state index in [9.17, 15) is 4.79 Å². The van der Waals surface area contributed by atoms with Crippen molar-refractivity contribution < 1.29 is 0 Å². The minimum absolute atomic E-state index is 0.157. The molecule has 1 aromatic heterocycles. The third-order valence-electron chi connectivity index (χ3n) is 3.53. The Bertz CT molecular complexity index is 408. The first kappa shape index (κ1) is 11.1. The molecule has 1 aliphatic carbocycles. The number of nitrogens with zero attached hydrogens (tertiary/aromatic N) is 2. The summed E-state index contributed by atoms with van der Waals surface area (Å²) in [7, 11) is 4.17. The fraction of sp³-hybridized carbons (Fsp3) is 0.636. The molecule has 0 atom stereocenters. The van der Waals surface area contributed by atoms with Crippen molar-refractivity contribution in [2.45, 2.75) is 24.8 Å². The van der Waals surface area contributed by atoms with Crippen molar-refractivity contribution in [2.24, 2.45) is 0 Å². The van der Waals surface area contributed by atoms with Gasteiger partial charge in [-0.3, -0.25) is 4.79 Å². The summed E-state index contributed by atoms with van der Waals surface area (Å²) >= 11 is 0. The Morgan fingerprint density at radius 2 is 2.31 bits per heavy atom. The van der Waals surface area contributed by atoms with Gasteiger partial charge in [0.2, 0.25) is 0 Å². The minimum atomic E-state index is -0.157. The Labute approximate surface area is 94.9 Å². The van der Waals surface area contributed by atoms with Gasteiger partial charge >= 0.3 is 0 Å². The summed E-state index contributed by atoms with van der Waals surface area (Å²) in [6.07, 6.45) is 6.75. The van der Waals surface area contributed by atoms with Crippen molar-refractivity contribution in [3.63, 3.8) is 0 Å². The lowest BCUT2D eigenvalue weighted by atomic mass is 9.75. The van der Waals surface area contributed by atoms with Crippen LogP contribution in [0.1, 0.15) is 19.3 Å². The minimum Gasteiger partial charge on any atom is -0.364 e. The second-order valence-corrected chi connectivity index (χ2v) is 4.59. The first-order valence-corrected chi connectivity index (χ1v) is 5.59. The maximum absolute atomic E-state index is 11.4. The Morgan fingerprint density at radius 1 is 1.56 bits per heavy atom. The van der Waals surface area contributed by atoms with Crippen molar-refractivity contribution in [3.05, 3.63) is 22.7 Å². The third-order valence-corrected chi connectivity index (χ3v) is 3.53. The number of aromatic nitrogens is 2. The number of hydrogen-bond acceptors (Lipinski definition) is 4. The van der Waals surface area contributed by atoms with Crippen LogP contribution in [0.25, 0.3) is 0 Å². The van der Waals surface area contributed by atoms with Crippen LogP contribution in [0.2, 0.25) is 0 Å². The second-order valence-electron chi connectivity index (χ2n) is 4.59. The molecule has 0 spiro atoms. The molecule has 16 heavy (non-hydrogen) atoms. The van der Waals surface area contributed by atoms with Crippen LogP contribution < -0.4 is 10.9 Å². The molecular weight excluding hydrogens is 204 g/mol. The summed E-state index contributed by atoms with van der Waals surface area (Å²) in [6, 6.07) is 0. The molecule has 0 aliphatic heterocycles. The summed E-state index contributed by atoms with van der Waals surface area (Å²) in [5.74, 6) is 0.413. The molecule has 0 saturated heterocycles. The average molecular weight is 222 g/mol. The van der Waals surface area contributed by atoms with Gasteiger partial charge in [-0.2, -0.15) is 0 Å². The van der Waals surface area contributed by atoms with Crippen LogP contribution in [0.15, 0.2) is 17.2 Å². The molecule has 5 nitrogen and oxygen atoms in total. The largest absolute Gasteiger partial charge is 0.364 e. The number of hydrogen-bond donors (Lipinski definition) is 2. The van der Waals surface area contributed by atoms with Crippen LogP contribution in [0.4, 0.5) is 5.82 Å². The lowest BCUT2D eigenvalue weighted by molar-refractivity contribution is 0.0738. The highest BCUT2D eigenvalue weighted by Gasteiger charge is 2.38. The SMILES string of the molecule is CN(C)C1(CNc2ncc[nH]c2=O)CCC1. The summed E-state index contributed by atoms with van der Waals surface area (Å²) in [5, 5.41) is 3.14. The molecule has 0 radical (unpaired) electrons. The molecule has 0 aromatic carbocycles. The first-order valence-electron chi connectivity index (χ1n) is 5.59. The van der Waals surface area contributed by atoms with Crippen molar-refractivity contribution in [1.82, 2.24) is 14.9 Å². The van der Waals surface area contributed by atoms with Crippen LogP contribution in [0.5, 0.6) is 0 Å². The quantitative estimate of drug-likeness (QED) is 0.786. The lowest BCUT2D eigenvalue weighted by Gasteiger charge is -2.47. The van der Waals surface area contributed by atoms with Gasteiger partial charge in [-0.1, -0.05) is 0 Å². The summed E-state index contributed by atoms with van der Waals surface area (Å²) < 4.78 is 0. The number of H-pyrrole nitrogens is 1. The summed E-state index contributed by atoms with van der Waals surface area (Å²) in [5.41, 5.74) is 0.0416. The van der Waals surface area contributed by atoms with E-state index in [0.717, 1.165) is 6.54 Å². The summed E-state index contributed by atoms with van der Waals surface area (Å²) in [6.45, 7) is 0.778. The Morgan fingerprint density at radius 3 is 2.81 bits per heavy atom. The van der Waals surface area contributed by atoms with Crippen LogP contribution in [-0.4, -0.2) is 41.0 Å². The van der Waals surface area contributed by atoms with Crippen LogP contribution in [0.3, 0.4) is 0 Å². The molecule has 1 fully saturated rings. The Hall–Kier alpha value is -1.36. The van der Waals surface area contributed by atoms with E-state index in [-0.39, 0.29) is 11.1 Å². The zero-order chi connectivity index (χ0) is 11.6. The van der Waals surface area contributed by atoms with E-state index in [1.165, 1.54) is 19.3 Å². The monoisotopic (exact) mass is 222 g/mol. The first-order chi connectivity index (χ1) is 7.64. The molecule has 0 amide bonds. The van der Waals surface area contributed by atoms with Gasteiger partial charge in [0, 0.05) is 24.5 Å². The fourth-order valence-corrected chi connectivity index (χ4v) is 2.09. The van der Waals surface area contributed by atoms with Gasteiger partial charge in [0.1, 0.15) is 0 Å². The fourth-order valence-electron chi connectivity index (χ4n) is 2.09. The molecule has 1 saturated carbocycles. The maximum atomic E-state index is 11.4. The van der Waals surface area contributed by atoms with Gasteiger partial charge in [0.15, 0.2) is 5.82 Å². The summed E-state index contributed by atoms with van der Waals surface area (Å²) in [4.78, 5) is 20.3. The van der Waals surface area contributed by atoms with Gasteiger partial charge in [-0.25, -0.2) is 4.98 Å². The number of rotatable bonds is 4. The molecule has 2 rings (SSSR count). The zero-order valence-electron chi connectivity index (χ0n) is 9.79. The van der Waals surface area contributed by atoms with E-state index >= 15 is 0 Å². The van der Waals surface area contributed by atoms with Crippen LogP contribution in [-0.2, 0) is 0 Å². The molecular formula is C11H18N4O. The molecule has 88 valence electrons. The van der Waals surface area contributed by atoms with Gasteiger partial charge in [-0.05, 0) is 33.4 Å². The van der Waals surface area contributed by atoms with E-state index in [1.54, 1.807) is 12.4 Å². The Kier molecular flexibility index (Phi) is 2.96. The molecule has 5 heteroatoms. The highest BCUT2D eigenvalue weighted by molar-refractivity contribution is 5.31.